The summed E-state index contributed by atoms with van der Waals surface area (Å²) in [5, 5.41) is 2.25. The van der Waals surface area contributed by atoms with Gasteiger partial charge >= 0.3 is 0 Å². The van der Waals surface area contributed by atoms with Gasteiger partial charge < -0.3 is 20.7 Å². The summed E-state index contributed by atoms with van der Waals surface area (Å²) in [5.74, 6) is -2.82. The number of amides is 2. The minimum atomic E-state index is -4.42. The second-order valence-electron chi connectivity index (χ2n) is 9.58. The number of carbonyl (C=O) groups is 2. The number of halogens is 3. The molecule has 1 aromatic heterocycles. The molecule has 0 aliphatic carbocycles. The zero-order valence-corrected chi connectivity index (χ0v) is 24.0. The van der Waals surface area contributed by atoms with Crippen LogP contribution in [0.25, 0.3) is 11.1 Å². The van der Waals surface area contributed by atoms with Gasteiger partial charge in [-0.05, 0) is 35.9 Å². The molecular formula is C27H28ClF2N5O6S. The molecule has 2 amide bonds. The Morgan fingerprint density at radius 3 is 2.36 bits per heavy atom. The van der Waals surface area contributed by atoms with E-state index >= 15 is 0 Å². The van der Waals surface area contributed by atoms with Crippen LogP contribution in [-0.2, 0) is 21.5 Å². The number of hydrogen-bond acceptors (Lipinski definition) is 8. The lowest BCUT2D eigenvalue weighted by Crippen LogP contribution is -2.58. The third-order valence-electron chi connectivity index (χ3n) is 6.74. The molecule has 42 heavy (non-hydrogen) atoms. The van der Waals surface area contributed by atoms with Gasteiger partial charge in [0.2, 0.25) is 5.91 Å². The SMILES string of the molecule is CC(=O)N1CCN(C(CS(=O)(=O)O)NC(=O)c2ccc(-c3cnc(N)c(OCc4c(F)ccc(F)c4Cl)c3)cc2)CC1. The molecule has 3 aromatic rings. The molecule has 0 spiro atoms. The summed E-state index contributed by atoms with van der Waals surface area (Å²) in [5.41, 5.74) is 7.11. The van der Waals surface area contributed by atoms with E-state index in [-0.39, 0.29) is 28.6 Å². The smallest absolute Gasteiger partial charge is 0.268 e. The largest absolute Gasteiger partial charge is 0.485 e. The van der Waals surface area contributed by atoms with Crippen molar-refractivity contribution in [1.29, 1.82) is 0 Å². The highest BCUT2D eigenvalue weighted by atomic mass is 35.5. The number of nitrogens with zero attached hydrogens (tertiary/aromatic N) is 3. The molecule has 15 heteroatoms. The Hall–Kier alpha value is -3.85. The van der Waals surface area contributed by atoms with Crippen molar-refractivity contribution < 1.29 is 36.1 Å². The van der Waals surface area contributed by atoms with Gasteiger partial charge in [-0.3, -0.25) is 19.0 Å². The Balaban J connectivity index is 1.46. The van der Waals surface area contributed by atoms with Crippen molar-refractivity contribution in [2.75, 3.05) is 37.7 Å². The average molecular weight is 624 g/mol. The molecular weight excluding hydrogens is 596 g/mol. The van der Waals surface area contributed by atoms with Gasteiger partial charge in [-0.25, -0.2) is 13.8 Å². The van der Waals surface area contributed by atoms with Crippen molar-refractivity contribution in [3.8, 4) is 16.9 Å². The van der Waals surface area contributed by atoms with Gasteiger partial charge in [-0.1, -0.05) is 23.7 Å². The fourth-order valence-corrected chi connectivity index (χ4v) is 5.32. The molecule has 2 aromatic carbocycles. The fraction of sp³-hybridized carbons (Fsp3) is 0.296. The maximum absolute atomic E-state index is 14.1. The Morgan fingerprint density at radius 2 is 1.74 bits per heavy atom. The molecule has 0 saturated carbocycles. The predicted molar refractivity (Wildman–Crippen MR) is 151 cm³/mol. The minimum absolute atomic E-state index is 0.0108. The van der Waals surface area contributed by atoms with Gasteiger partial charge in [0, 0.05) is 56.0 Å². The molecule has 1 saturated heterocycles. The van der Waals surface area contributed by atoms with E-state index in [0.717, 1.165) is 12.1 Å². The predicted octanol–water partition coefficient (Wildman–Crippen LogP) is 2.95. The van der Waals surface area contributed by atoms with E-state index in [9.17, 15) is 31.3 Å². The number of aromatic nitrogens is 1. The number of pyridine rings is 1. The van der Waals surface area contributed by atoms with Crippen LogP contribution in [0.5, 0.6) is 5.75 Å². The number of ether oxygens (including phenoxy) is 1. The van der Waals surface area contributed by atoms with Crippen LogP contribution in [0, 0.1) is 11.6 Å². The Bertz CT molecular complexity index is 1580. The zero-order chi connectivity index (χ0) is 30.6. The number of nitrogens with two attached hydrogens (primary N) is 1. The normalized spacial score (nSPS) is 14.8. The number of nitrogens with one attached hydrogen (secondary N) is 1. The topological polar surface area (TPSA) is 155 Å². The number of hydrogen-bond donors (Lipinski definition) is 3. The third kappa shape index (κ3) is 7.70. The molecule has 0 bridgehead atoms. The van der Waals surface area contributed by atoms with E-state index < -0.39 is 51.2 Å². The monoisotopic (exact) mass is 623 g/mol. The summed E-state index contributed by atoms with van der Waals surface area (Å²) in [6, 6.07) is 9.67. The van der Waals surface area contributed by atoms with Crippen LogP contribution in [0.2, 0.25) is 5.02 Å². The van der Waals surface area contributed by atoms with Gasteiger partial charge in [-0.15, -0.1) is 0 Å². The third-order valence-corrected chi connectivity index (χ3v) is 7.89. The van der Waals surface area contributed by atoms with Crippen molar-refractivity contribution in [3.63, 3.8) is 0 Å². The number of rotatable bonds is 9. The Kier molecular flexibility index (Phi) is 9.61. The Labute approximate surface area is 246 Å². The van der Waals surface area contributed by atoms with E-state index in [1.807, 2.05) is 0 Å². The molecule has 11 nitrogen and oxygen atoms in total. The van der Waals surface area contributed by atoms with Gasteiger partial charge in [0.25, 0.3) is 16.0 Å². The number of anilines is 1. The van der Waals surface area contributed by atoms with E-state index in [2.05, 4.69) is 10.3 Å². The van der Waals surface area contributed by atoms with E-state index in [0.29, 0.717) is 37.3 Å². The van der Waals surface area contributed by atoms with Gasteiger partial charge in [0.05, 0.1) is 11.2 Å². The van der Waals surface area contributed by atoms with Crippen molar-refractivity contribution >= 4 is 39.4 Å². The molecule has 1 unspecified atom stereocenters. The van der Waals surface area contributed by atoms with Gasteiger partial charge in [0.1, 0.15) is 24.0 Å². The van der Waals surface area contributed by atoms with Gasteiger partial charge in [-0.2, -0.15) is 8.42 Å². The first-order valence-electron chi connectivity index (χ1n) is 12.7. The first-order chi connectivity index (χ1) is 19.8. The zero-order valence-electron chi connectivity index (χ0n) is 22.4. The van der Waals surface area contributed by atoms with Crippen LogP contribution in [0.4, 0.5) is 14.6 Å². The summed E-state index contributed by atoms with van der Waals surface area (Å²) in [4.78, 5) is 32.0. The summed E-state index contributed by atoms with van der Waals surface area (Å²) < 4.78 is 66.2. The summed E-state index contributed by atoms with van der Waals surface area (Å²) >= 11 is 5.86. The maximum atomic E-state index is 14.1. The quantitative estimate of drug-likeness (QED) is 0.241. The van der Waals surface area contributed by atoms with Crippen molar-refractivity contribution in [1.82, 2.24) is 20.1 Å². The molecule has 4 N–H and O–H groups in total. The minimum Gasteiger partial charge on any atom is -0.485 e. The van der Waals surface area contributed by atoms with Crippen LogP contribution in [0.3, 0.4) is 0 Å². The van der Waals surface area contributed by atoms with E-state index in [1.165, 1.54) is 25.3 Å². The highest BCUT2D eigenvalue weighted by molar-refractivity contribution is 7.85. The first kappa shape index (κ1) is 31.1. The van der Waals surface area contributed by atoms with Crippen LogP contribution < -0.4 is 15.8 Å². The maximum Gasteiger partial charge on any atom is 0.268 e. The van der Waals surface area contributed by atoms with Crippen molar-refractivity contribution in [2.45, 2.75) is 19.7 Å². The molecule has 1 atom stereocenters. The lowest BCUT2D eigenvalue weighted by atomic mass is 10.0. The second kappa shape index (κ2) is 13.0. The van der Waals surface area contributed by atoms with Crippen LogP contribution >= 0.6 is 11.6 Å². The van der Waals surface area contributed by atoms with Crippen LogP contribution in [-0.4, -0.2) is 77.7 Å². The Morgan fingerprint density at radius 1 is 1.10 bits per heavy atom. The molecule has 4 rings (SSSR count). The summed E-state index contributed by atoms with van der Waals surface area (Å²) in [7, 11) is -4.42. The summed E-state index contributed by atoms with van der Waals surface area (Å²) in [6.07, 6.45) is 0.453. The lowest BCUT2D eigenvalue weighted by molar-refractivity contribution is -0.130. The van der Waals surface area contributed by atoms with E-state index in [4.69, 9.17) is 22.1 Å². The number of carbonyl (C=O) groups excluding carboxylic acids is 2. The first-order valence-corrected chi connectivity index (χ1v) is 14.7. The lowest BCUT2D eigenvalue weighted by Gasteiger charge is -2.38. The number of piperazine rings is 1. The van der Waals surface area contributed by atoms with Crippen molar-refractivity contribution in [3.05, 3.63) is 76.4 Å². The molecule has 1 aliphatic heterocycles. The fourth-order valence-electron chi connectivity index (χ4n) is 4.41. The van der Waals surface area contributed by atoms with Crippen molar-refractivity contribution in [2.24, 2.45) is 0 Å². The molecule has 224 valence electrons. The summed E-state index contributed by atoms with van der Waals surface area (Å²) in [6.45, 7) is 2.37. The molecule has 0 radical (unpaired) electrons. The van der Waals surface area contributed by atoms with Crippen LogP contribution in [0.15, 0.2) is 48.7 Å². The van der Waals surface area contributed by atoms with Gasteiger partial charge in [0.15, 0.2) is 11.6 Å². The number of nitrogen functional groups attached to an aromatic ring is 1. The van der Waals surface area contributed by atoms with E-state index in [1.54, 1.807) is 28.0 Å². The second-order valence-corrected chi connectivity index (χ2v) is 11.5. The van der Waals surface area contributed by atoms with Crippen LogP contribution in [0.1, 0.15) is 22.8 Å². The highest BCUT2D eigenvalue weighted by Gasteiger charge is 2.29. The highest BCUT2D eigenvalue weighted by Crippen LogP contribution is 2.30. The number of benzene rings is 2. The molecule has 1 fully saturated rings. The average Bonchev–Trinajstić information content (AvgIpc) is 2.95. The standard InChI is InChI=1S/C27H28ClF2N5O6S/c1-16(36)34-8-10-35(11-9-34)24(15-42(38,39)40)33-27(37)18-4-2-17(3-5-18)19-12-23(26(31)32-13-19)41-14-20-21(29)6-7-22(30)25(20)28/h2-7,12-13,24H,8-11,14-15H2,1H3,(H2,31,32)(H,33,37)(H,38,39,40). The molecule has 2 heterocycles. The molecule has 1 aliphatic rings.